The standard InChI is InChI=1S/2CH5O3P.2Mg/c2*1-5(2,3)4;;/h2*1H3,(H2,2,3,4);;/q;;2*+2/p-4. The van der Waals surface area contributed by atoms with E-state index in [2.05, 4.69) is 0 Å². The summed E-state index contributed by atoms with van der Waals surface area (Å²) in [7, 11) is -8.28. The van der Waals surface area contributed by atoms with Crippen molar-refractivity contribution in [2.75, 3.05) is 13.3 Å². The van der Waals surface area contributed by atoms with Crippen LogP contribution < -0.4 is 19.6 Å². The molecule has 0 fully saturated rings. The normalized spacial score (nSPS) is 9.83. The molecule has 6 nitrogen and oxygen atoms in total. The zero-order valence-corrected chi connectivity index (χ0v) is 11.4. The van der Waals surface area contributed by atoms with Crippen molar-refractivity contribution in [1.82, 2.24) is 0 Å². The molecule has 0 aromatic heterocycles. The monoisotopic (exact) mass is 236 g/mol. The van der Waals surface area contributed by atoms with Crippen molar-refractivity contribution in [1.29, 1.82) is 0 Å². The van der Waals surface area contributed by atoms with Crippen LogP contribution in [-0.2, 0) is 9.13 Å². The van der Waals surface area contributed by atoms with Crippen molar-refractivity contribution in [3.05, 3.63) is 0 Å². The molecule has 0 aliphatic rings. The van der Waals surface area contributed by atoms with Gasteiger partial charge < -0.3 is 28.7 Å². The smallest absolute Gasteiger partial charge is 0.811 e. The summed E-state index contributed by atoms with van der Waals surface area (Å²) in [5, 5.41) is 0. The van der Waals surface area contributed by atoms with Crippen molar-refractivity contribution in [2.24, 2.45) is 0 Å². The van der Waals surface area contributed by atoms with Crippen LogP contribution >= 0.6 is 15.2 Å². The Morgan fingerprint density at radius 2 is 0.750 bits per heavy atom. The fourth-order valence-electron chi connectivity index (χ4n) is 0. The Kier molecular flexibility index (Phi) is 18.4. The maximum atomic E-state index is 9.10. The van der Waals surface area contributed by atoms with E-state index in [1.54, 1.807) is 0 Å². The molecule has 64 valence electrons. The van der Waals surface area contributed by atoms with Gasteiger partial charge in [-0.2, -0.15) is 0 Å². The number of rotatable bonds is 0. The first-order valence-electron chi connectivity index (χ1n) is 1.99. The molecule has 0 spiro atoms. The molecule has 0 aliphatic heterocycles. The third kappa shape index (κ3) is 413. The van der Waals surface area contributed by atoms with Crippen LogP contribution in [0.4, 0.5) is 0 Å². The van der Waals surface area contributed by atoms with E-state index in [1.165, 1.54) is 0 Å². The summed E-state index contributed by atoms with van der Waals surface area (Å²) in [4.78, 5) is 36.4. The van der Waals surface area contributed by atoms with E-state index in [0.717, 1.165) is 0 Å². The van der Waals surface area contributed by atoms with Gasteiger partial charge in [0.25, 0.3) is 0 Å². The average Bonchev–Trinajstić information content (AvgIpc) is 1.12. The van der Waals surface area contributed by atoms with Crippen LogP contribution in [0.2, 0.25) is 0 Å². The molecule has 0 aromatic rings. The Morgan fingerprint density at radius 3 is 0.750 bits per heavy atom. The Morgan fingerprint density at radius 1 is 0.750 bits per heavy atom. The summed E-state index contributed by atoms with van der Waals surface area (Å²) in [6.07, 6.45) is 0. The molecule has 0 aromatic carbocycles. The van der Waals surface area contributed by atoms with Crippen molar-refractivity contribution in [2.45, 2.75) is 0 Å². The molecule has 10 heteroatoms. The molecule has 0 saturated carbocycles. The summed E-state index contributed by atoms with van der Waals surface area (Å²) in [6, 6.07) is 0. The van der Waals surface area contributed by atoms with Crippen LogP contribution in [0.25, 0.3) is 0 Å². The summed E-state index contributed by atoms with van der Waals surface area (Å²) < 4.78 is 18.2. The first-order valence-corrected chi connectivity index (χ1v) is 5.97. The fraction of sp³-hybridized carbons (Fsp3) is 1.00. The van der Waals surface area contributed by atoms with Gasteiger partial charge >= 0.3 is 46.1 Å². The molecule has 0 unspecified atom stereocenters. The van der Waals surface area contributed by atoms with Gasteiger partial charge in [-0.1, -0.05) is 15.2 Å². The zero-order chi connectivity index (χ0) is 9.00. The van der Waals surface area contributed by atoms with E-state index in [1.807, 2.05) is 0 Å². The minimum atomic E-state index is -4.14. The zero-order valence-electron chi connectivity index (χ0n) is 6.76. The molecule has 0 radical (unpaired) electrons. The van der Waals surface area contributed by atoms with Gasteiger partial charge in [-0.3, -0.25) is 0 Å². The first-order chi connectivity index (χ1) is 4.00. The van der Waals surface area contributed by atoms with Gasteiger partial charge in [-0.15, -0.1) is 0 Å². The average molecular weight is 237 g/mol. The van der Waals surface area contributed by atoms with E-state index < -0.39 is 15.2 Å². The van der Waals surface area contributed by atoms with Gasteiger partial charge in [0.15, 0.2) is 0 Å². The Labute approximate surface area is 103 Å². The van der Waals surface area contributed by atoms with Gasteiger partial charge in [-0.05, 0) is 13.3 Å². The topological polar surface area (TPSA) is 126 Å². The summed E-state index contributed by atoms with van der Waals surface area (Å²) >= 11 is 0. The van der Waals surface area contributed by atoms with Crippen LogP contribution in [0.1, 0.15) is 0 Å². The number of hydrogen-bond acceptors (Lipinski definition) is 6. The van der Waals surface area contributed by atoms with Crippen LogP contribution in [0.5, 0.6) is 0 Å². The third-order valence-electron chi connectivity index (χ3n) is 0. The molecular weight excluding hydrogens is 231 g/mol. The maximum absolute atomic E-state index is 9.10. The molecule has 0 N–H and O–H groups in total. The second-order valence-corrected chi connectivity index (χ2v) is 4.63. The van der Waals surface area contributed by atoms with Gasteiger partial charge in [0.1, 0.15) is 0 Å². The van der Waals surface area contributed by atoms with Gasteiger partial charge in [0, 0.05) is 0 Å². The Bertz CT molecular complexity index is 134. The molecule has 0 saturated heterocycles. The predicted octanol–water partition coefficient (Wildman–Crippen LogP) is -3.70. The van der Waals surface area contributed by atoms with Crippen LogP contribution in [0.3, 0.4) is 0 Å². The Balaban J connectivity index is -0.0000000457. The minimum absolute atomic E-state index is 0. The summed E-state index contributed by atoms with van der Waals surface area (Å²) in [5.74, 6) is 0. The van der Waals surface area contributed by atoms with Gasteiger partial charge in [0.05, 0.1) is 0 Å². The van der Waals surface area contributed by atoms with Crippen LogP contribution in [0.15, 0.2) is 0 Å². The maximum Gasteiger partial charge on any atom is 2.00 e. The van der Waals surface area contributed by atoms with Crippen molar-refractivity contribution >= 4 is 61.3 Å². The van der Waals surface area contributed by atoms with E-state index in [0.29, 0.717) is 13.3 Å². The van der Waals surface area contributed by atoms with Gasteiger partial charge in [0.2, 0.25) is 0 Å². The van der Waals surface area contributed by atoms with Crippen LogP contribution in [0, 0.1) is 0 Å². The summed E-state index contributed by atoms with van der Waals surface area (Å²) in [6.45, 7) is 1.26. The van der Waals surface area contributed by atoms with Crippen molar-refractivity contribution in [3.63, 3.8) is 0 Å². The van der Waals surface area contributed by atoms with E-state index in [9.17, 15) is 0 Å². The second-order valence-electron chi connectivity index (χ2n) is 1.54. The van der Waals surface area contributed by atoms with Crippen molar-refractivity contribution in [3.8, 4) is 0 Å². The molecular formula is C2H6Mg2O6P2. The SMILES string of the molecule is CP(=O)([O-])[O-].CP(=O)([O-])[O-].[Mg+2].[Mg+2]. The quantitative estimate of drug-likeness (QED) is 0.315. The fourth-order valence-corrected chi connectivity index (χ4v) is 0. The molecule has 0 amide bonds. The molecule has 0 aliphatic carbocycles. The summed E-state index contributed by atoms with van der Waals surface area (Å²) in [5.41, 5.74) is 0. The van der Waals surface area contributed by atoms with E-state index in [4.69, 9.17) is 28.7 Å². The third-order valence-corrected chi connectivity index (χ3v) is 0. The van der Waals surface area contributed by atoms with Gasteiger partial charge in [-0.25, -0.2) is 0 Å². The minimum Gasteiger partial charge on any atom is -0.811 e. The first kappa shape index (κ1) is 23.6. The van der Waals surface area contributed by atoms with Crippen molar-refractivity contribution < 1.29 is 28.7 Å². The molecule has 0 bridgehead atoms. The van der Waals surface area contributed by atoms with E-state index in [-0.39, 0.29) is 46.1 Å². The molecule has 0 atom stereocenters. The van der Waals surface area contributed by atoms with Crippen LogP contribution in [-0.4, -0.2) is 59.4 Å². The predicted molar refractivity (Wildman–Crippen MR) is 38.6 cm³/mol. The number of hydrogen-bond donors (Lipinski definition) is 0. The molecule has 0 heterocycles. The molecule has 12 heavy (non-hydrogen) atoms. The molecule has 0 rings (SSSR count). The second kappa shape index (κ2) is 9.39. The van der Waals surface area contributed by atoms with E-state index >= 15 is 0 Å². The largest absolute Gasteiger partial charge is 2.00 e. The Hall–Kier alpha value is 1.83.